The van der Waals surface area contributed by atoms with E-state index in [2.05, 4.69) is 65.9 Å². The maximum absolute atomic E-state index is 4.03. The number of rotatable bonds is 6. The number of anilines is 1. The molecular formula is C17H29Cl2N3. The Bertz CT molecular complexity index is 412. The van der Waals surface area contributed by atoms with E-state index in [9.17, 15) is 0 Å². The molecule has 1 fully saturated rings. The van der Waals surface area contributed by atoms with Crippen LogP contribution < -0.4 is 10.2 Å². The van der Waals surface area contributed by atoms with Gasteiger partial charge in [0.15, 0.2) is 0 Å². The van der Waals surface area contributed by atoms with Gasteiger partial charge < -0.3 is 10.2 Å². The van der Waals surface area contributed by atoms with Crippen LogP contribution in [0, 0.1) is 0 Å². The Hall–Kier alpha value is -0.740. The maximum atomic E-state index is 4.03. The van der Waals surface area contributed by atoms with Gasteiger partial charge in [-0.3, -0.25) is 4.90 Å². The molecule has 1 aliphatic rings. The fourth-order valence-corrected chi connectivity index (χ4v) is 2.93. The Morgan fingerprint density at radius 1 is 1.14 bits per heavy atom. The van der Waals surface area contributed by atoms with Crippen molar-refractivity contribution in [3.05, 3.63) is 42.5 Å². The second-order valence-corrected chi connectivity index (χ2v) is 5.23. The summed E-state index contributed by atoms with van der Waals surface area (Å²) in [5.74, 6) is 0. The first-order valence-electron chi connectivity index (χ1n) is 7.72. The fourth-order valence-electron chi connectivity index (χ4n) is 2.93. The summed E-state index contributed by atoms with van der Waals surface area (Å²) in [4.78, 5) is 4.87. The first kappa shape index (κ1) is 21.3. The third-order valence-electron chi connectivity index (χ3n) is 4.13. The lowest BCUT2D eigenvalue weighted by molar-refractivity contribution is 0.203. The summed E-state index contributed by atoms with van der Waals surface area (Å²) in [5, 5.41) is 3.40. The van der Waals surface area contributed by atoms with Gasteiger partial charge in [-0.1, -0.05) is 18.2 Å². The zero-order valence-electron chi connectivity index (χ0n) is 13.6. The zero-order valence-corrected chi connectivity index (χ0v) is 15.3. The minimum absolute atomic E-state index is 0. The molecule has 0 radical (unpaired) electrons. The van der Waals surface area contributed by atoms with Gasteiger partial charge in [0.05, 0.1) is 6.04 Å². The summed E-state index contributed by atoms with van der Waals surface area (Å²) in [6.07, 6.45) is 2.07. The number of nitrogens with zero attached hydrogens (tertiary/aromatic N) is 2. The van der Waals surface area contributed by atoms with Gasteiger partial charge in [-0.2, -0.15) is 0 Å². The van der Waals surface area contributed by atoms with Gasteiger partial charge in [0.25, 0.3) is 0 Å². The van der Waals surface area contributed by atoms with Crippen molar-refractivity contribution in [3.8, 4) is 0 Å². The summed E-state index contributed by atoms with van der Waals surface area (Å²) in [6, 6.07) is 9.31. The molecule has 0 bridgehead atoms. The van der Waals surface area contributed by atoms with Crippen molar-refractivity contribution < 1.29 is 0 Å². The molecule has 0 aliphatic carbocycles. The summed E-state index contributed by atoms with van der Waals surface area (Å²) in [6.45, 7) is 14.9. The van der Waals surface area contributed by atoms with E-state index in [0.717, 1.165) is 39.3 Å². The quantitative estimate of drug-likeness (QED) is 0.796. The van der Waals surface area contributed by atoms with Gasteiger partial charge in [-0.25, -0.2) is 0 Å². The van der Waals surface area contributed by atoms with Crippen LogP contribution in [0.4, 0.5) is 5.69 Å². The third kappa shape index (κ3) is 5.17. The highest BCUT2D eigenvalue weighted by atomic mass is 35.5. The highest BCUT2D eigenvalue weighted by Gasteiger charge is 2.19. The molecule has 1 aromatic rings. The highest BCUT2D eigenvalue weighted by molar-refractivity contribution is 5.85. The van der Waals surface area contributed by atoms with Crippen LogP contribution in [-0.4, -0.2) is 44.2 Å². The van der Waals surface area contributed by atoms with Crippen LogP contribution in [-0.2, 0) is 0 Å². The second-order valence-electron chi connectivity index (χ2n) is 5.23. The minimum Gasteiger partial charge on any atom is -0.372 e. The molecule has 0 aromatic heterocycles. The fraction of sp³-hybridized carbons (Fsp3) is 0.529. The first-order chi connectivity index (χ1) is 9.80. The summed E-state index contributed by atoms with van der Waals surface area (Å²) < 4.78 is 0. The van der Waals surface area contributed by atoms with Crippen molar-refractivity contribution in [3.63, 3.8) is 0 Å². The Balaban J connectivity index is 0.00000220. The normalized spacial score (nSPS) is 16.1. The minimum atomic E-state index is 0. The van der Waals surface area contributed by atoms with Crippen molar-refractivity contribution in [2.24, 2.45) is 0 Å². The number of nitrogens with one attached hydrogen (secondary N) is 1. The molecule has 1 atom stereocenters. The molecular weight excluding hydrogens is 317 g/mol. The lowest BCUT2D eigenvalue weighted by atomic mass is 10.0. The van der Waals surface area contributed by atoms with Crippen LogP contribution in [0.1, 0.15) is 25.5 Å². The molecule has 1 aliphatic heterocycles. The Morgan fingerprint density at radius 2 is 1.68 bits per heavy atom. The monoisotopic (exact) mass is 345 g/mol. The van der Waals surface area contributed by atoms with Gasteiger partial charge >= 0.3 is 0 Å². The van der Waals surface area contributed by atoms with Crippen LogP contribution in [0.15, 0.2) is 36.9 Å². The average Bonchev–Trinajstić information content (AvgIpc) is 2.52. The highest BCUT2D eigenvalue weighted by Crippen LogP contribution is 2.24. The summed E-state index contributed by atoms with van der Waals surface area (Å²) >= 11 is 0. The molecule has 1 saturated heterocycles. The molecule has 0 saturated carbocycles. The van der Waals surface area contributed by atoms with E-state index < -0.39 is 0 Å². The van der Waals surface area contributed by atoms with Gasteiger partial charge in [0, 0.05) is 45.0 Å². The molecule has 22 heavy (non-hydrogen) atoms. The smallest absolute Gasteiger partial charge is 0.0530 e. The van der Waals surface area contributed by atoms with E-state index in [0.29, 0.717) is 6.04 Å². The molecule has 1 heterocycles. The molecule has 1 aromatic carbocycles. The summed E-state index contributed by atoms with van der Waals surface area (Å²) in [5.41, 5.74) is 2.65. The van der Waals surface area contributed by atoms with E-state index >= 15 is 0 Å². The number of hydrogen-bond acceptors (Lipinski definition) is 3. The SMILES string of the molecule is C=C[C@H](c1ccc(N(CC)CC)cc1)N1CCNCC1.Cl.Cl. The van der Waals surface area contributed by atoms with Crippen LogP contribution in [0.2, 0.25) is 0 Å². The lowest BCUT2D eigenvalue weighted by Crippen LogP contribution is -2.44. The Morgan fingerprint density at radius 3 is 2.14 bits per heavy atom. The van der Waals surface area contributed by atoms with Crippen molar-refractivity contribution in [1.29, 1.82) is 0 Å². The molecule has 3 nitrogen and oxygen atoms in total. The van der Waals surface area contributed by atoms with Crippen molar-refractivity contribution >= 4 is 30.5 Å². The van der Waals surface area contributed by atoms with Crippen LogP contribution in [0.3, 0.4) is 0 Å². The summed E-state index contributed by atoms with van der Waals surface area (Å²) in [7, 11) is 0. The predicted octanol–water partition coefficient (Wildman–Crippen LogP) is 3.51. The van der Waals surface area contributed by atoms with Gasteiger partial charge in [0.2, 0.25) is 0 Å². The van der Waals surface area contributed by atoms with Gasteiger partial charge in [-0.05, 0) is 31.5 Å². The van der Waals surface area contributed by atoms with E-state index in [1.165, 1.54) is 11.3 Å². The molecule has 0 amide bonds. The molecule has 0 spiro atoms. The van der Waals surface area contributed by atoms with Crippen LogP contribution >= 0.6 is 24.8 Å². The number of halogens is 2. The molecule has 5 heteroatoms. The number of benzene rings is 1. The maximum Gasteiger partial charge on any atom is 0.0530 e. The standard InChI is InChI=1S/C17H27N3.2ClH/c1-4-17(20-13-11-18-12-14-20)15-7-9-16(10-8-15)19(5-2)6-3;;/h4,7-10,17-18H,1,5-6,11-14H2,2-3H3;2*1H/t17-;;/m1../s1. The number of hydrogen-bond donors (Lipinski definition) is 1. The van der Waals surface area contributed by atoms with E-state index in [4.69, 9.17) is 0 Å². The largest absolute Gasteiger partial charge is 0.372 e. The van der Waals surface area contributed by atoms with Crippen LogP contribution in [0.25, 0.3) is 0 Å². The molecule has 126 valence electrons. The lowest BCUT2D eigenvalue weighted by Gasteiger charge is -2.33. The van der Waals surface area contributed by atoms with Crippen LogP contribution in [0.5, 0.6) is 0 Å². The Labute approximate surface area is 147 Å². The topological polar surface area (TPSA) is 18.5 Å². The van der Waals surface area contributed by atoms with E-state index in [-0.39, 0.29) is 24.8 Å². The Kier molecular flexibility index (Phi) is 10.5. The van der Waals surface area contributed by atoms with Crippen molar-refractivity contribution in [2.75, 3.05) is 44.2 Å². The van der Waals surface area contributed by atoms with Gasteiger partial charge in [-0.15, -0.1) is 31.4 Å². The molecule has 0 unspecified atom stereocenters. The average molecular weight is 346 g/mol. The van der Waals surface area contributed by atoms with Gasteiger partial charge in [0.1, 0.15) is 0 Å². The predicted molar refractivity (Wildman–Crippen MR) is 102 cm³/mol. The first-order valence-corrected chi connectivity index (χ1v) is 7.72. The molecule has 1 N–H and O–H groups in total. The zero-order chi connectivity index (χ0) is 14.4. The third-order valence-corrected chi connectivity index (χ3v) is 4.13. The molecule has 2 rings (SSSR count). The van der Waals surface area contributed by atoms with E-state index in [1.807, 2.05) is 0 Å². The second kappa shape index (κ2) is 10.9. The van der Waals surface area contributed by atoms with E-state index in [1.54, 1.807) is 0 Å². The van der Waals surface area contributed by atoms with Crippen molar-refractivity contribution in [1.82, 2.24) is 10.2 Å². The number of piperazine rings is 1. The van der Waals surface area contributed by atoms with Crippen molar-refractivity contribution in [2.45, 2.75) is 19.9 Å².